The molecule has 0 spiro atoms. The predicted molar refractivity (Wildman–Crippen MR) is 91.0 cm³/mol. The van der Waals surface area contributed by atoms with Gasteiger partial charge in [0.15, 0.2) is 0 Å². The lowest BCUT2D eigenvalue weighted by Gasteiger charge is -2.26. The number of aliphatic hydroxyl groups excluding tert-OH is 1. The first kappa shape index (κ1) is 16.8. The molecule has 1 aliphatic rings. The fourth-order valence-electron chi connectivity index (χ4n) is 2.75. The van der Waals surface area contributed by atoms with Crippen LogP contribution in [0.3, 0.4) is 0 Å². The van der Waals surface area contributed by atoms with Crippen molar-refractivity contribution < 1.29 is 14.6 Å². The summed E-state index contributed by atoms with van der Waals surface area (Å²) < 4.78 is 6.09. The average molecular weight is 424 g/mol. The van der Waals surface area contributed by atoms with Gasteiger partial charge in [-0.25, -0.2) is 0 Å². The van der Waals surface area contributed by atoms with Crippen molar-refractivity contribution >= 4 is 40.1 Å². The van der Waals surface area contributed by atoms with Gasteiger partial charge in [-0.2, -0.15) is 0 Å². The van der Waals surface area contributed by atoms with Crippen LogP contribution in [-0.4, -0.2) is 31.3 Å². The van der Waals surface area contributed by atoms with Gasteiger partial charge in [0.25, 0.3) is 5.91 Å². The minimum absolute atomic E-state index is 0.109. The van der Waals surface area contributed by atoms with Crippen LogP contribution in [0.15, 0.2) is 12.1 Å². The standard InChI is InChI=1S/C15H19ClINO3/c1-21-13-7-12(17)11(16)6-10(13)14(20)18-8-15(9-19)4-2-3-5-15/h6-7,19H,2-5,8-9H2,1H3,(H,18,20). The SMILES string of the molecule is COc1cc(I)c(Cl)cc1C(=O)NCC1(CO)CCCC1. The third kappa shape index (κ3) is 3.81. The number of carbonyl (C=O) groups excluding carboxylic acids is 1. The molecule has 0 aliphatic heterocycles. The zero-order valence-corrected chi connectivity index (χ0v) is 14.8. The topological polar surface area (TPSA) is 58.6 Å². The van der Waals surface area contributed by atoms with Crippen molar-refractivity contribution in [1.29, 1.82) is 0 Å². The highest BCUT2D eigenvalue weighted by molar-refractivity contribution is 14.1. The molecule has 1 amide bonds. The number of benzene rings is 1. The summed E-state index contributed by atoms with van der Waals surface area (Å²) in [4.78, 5) is 12.4. The number of carbonyl (C=O) groups is 1. The monoisotopic (exact) mass is 423 g/mol. The lowest BCUT2D eigenvalue weighted by molar-refractivity contribution is 0.0878. The third-order valence-corrected chi connectivity index (χ3v) is 5.63. The van der Waals surface area contributed by atoms with Gasteiger partial charge in [0.1, 0.15) is 5.75 Å². The zero-order valence-electron chi connectivity index (χ0n) is 11.9. The Hall–Kier alpha value is -0.530. The maximum atomic E-state index is 12.4. The second kappa shape index (κ2) is 7.15. The van der Waals surface area contributed by atoms with Crippen molar-refractivity contribution in [3.8, 4) is 5.75 Å². The maximum Gasteiger partial charge on any atom is 0.255 e. The van der Waals surface area contributed by atoms with E-state index in [2.05, 4.69) is 27.9 Å². The van der Waals surface area contributed by atoms with Crippen molar-refractivity contribution in [1.82, 2.24) is 5.32 Å². The molecule has 1 fully saturated rings. The number of aliphatic hydroxyl groups is 1. The number of hydrogen-bond acceptors (Lipinski definition) is 3. The van der Waals surface area contributed by atoms with Crippen LogP contribution in [0.5, 0.6) is 5.75 Å². The molecule has 1 aliphatic carbocycles. The fraction of sp³-hybridized carbons (Fsp3) is 0.533. The predicted octanol–water partition coefficient (Wildman–Crippen LogP) is 3.24. The van der Waals surface area contributed by atoms with Gasteiger partial charge in [-0.3, -0.25) is 4.79 Å². The lowest BCUT2D eigenvalue weighted by Crippen LogP contribution is -2.38. The van der Waals surface area contributed by atoms with E-state index in [4.69, 9.17) is 16.3 Å². The van der Waals surface area contributed by atoms with E-state index >= 15 is 0 Å². The molecule has 2 rings (SSSR count). The van der Waals surface area contributed by atoms with Crippen molar-refractivity contribution in [2.45, 2.75) is 25.7 Å². The van der Waals surface area contributed by atoms with Gasteiger partial charge in [0, 0.05) is 15.5 Å². The number of amides is 1. The van der Waals surface area contributed by atoms with Gasteiger partial charge in [0.05, 0.1) is 24.3 Å². The summed E-state index contributed by atoms with van der Waals surface area (Å²) >= 11 is 8.18. The Morgan fingerprint density at radius 1 is 1.48 bits per heavy atom. The minimum atomic E-state index is -0.218. The molecule has 6 heteroatoms. The Bertz CT molecular complexity index is 530. The molecule has 0 atom stereocenters. The van der Waals surface area contributed by atoms with E-state index in [1.807, 2.05) is 0 Å². The van der Waals surface area contributed by atoms with Crippen molar-refractivity contribution in [3.63, 3.8) is 0 Å². The Morgan fingerprint density at radius 2 is 2.14 bits per heavy atom. The van der Waals surface area contributed by atoms with Crippen molar-refractivity contribution in [2.75, 3.05) is 20.3 Å². The van der Waals surface area contributed by atoms with Crippen LogP contribution in [0.4, 0.5) is 0 Å². The quantitative estimate of drug-likeness (QED) is 0.715. The van der Waals surface area contributed by atoms with Gasteiger partial charge < -0.3 is 15.2 Å². The lowest BCUT2D eigenvalue weighted by atomic mass is 9.87. The fourth-order valence-corrected chi connectivity index (χ4v) is 3.36. The Balaban J connectivity index is 2.11. The van der Waals surface area contributed by atoms with Crippen LogP contribution >= 0.6 is 34.2 Å². The number of hydrogen-bond donors (Lipinski definition) is 2. The highest BCUT2D eigenvalue weighted by atomic mass is 127. The first-order chi connectivity index (χ1) is 10.0. The first-order valence-electron chi connectivity index (χ1n) is 6.93. The van der Waals surface area contributed by atoms with Gasteiger partial charge in [-0.05, 0) is 47.6 Å². The molecule has 0 aromatic heterocycles. The summed E-state index contributed by atoms with van der Waals surface area (Å²) in [7, 11) is 1.53. The molecule has 0 bridgehead atoms. The van der Waals surface area contributed by atoms with Crippen LogP contribution in [-0.2, 0) is 0 Å². The van der Waals surface area contributed by atoms with E-state index in [-0.39, 0.29) is 17.9 Å². The van der Waals surface area contributed by atoms with E-state index < -0.39 is 0 Å². The van der Waals surface area contributed by atoms with Crippen LogP contribution in [0.1, 0.15) is 36.0 Å². The van der Waals surface area contributed by atoms with E-state index in [0.717, 1.165) is 29.3 Å². The molecule has 2 N–H and O–H groups in total. The number of halogens is 2. The number of nitrogens with one attached hydrogen (secondary N) is 1. The average Bonchev–Trinajstić information content (AvgIpc) is 2.96. The van der Waals surface area contributed by atoms with Gasteiger partial charge in [-0.1, -0.05) is 24.4 Å². The molecule has 0 radical (unpaired) electrons. The summed E-state index contributed by atoms with van der Waals surface area (Å²) in [5.41, 5.74) is 0.254. The Kier molecular flexibility index (Phi) is 5.73. The third-order valence-electron chi connectivity index (χ3n) is 4.11. The Morgan fingerprint density at radius 3 is 2.71 bits per heavy atom. The number of ether oxygens (including phenoxy) is 1. The second-order valence-electron chi connectivity index (χ2n) is 5.51. The summed E-state index contributed by atoms with van der Waals surface area (Å²) in [5.74, 6) is 0.288. The summed E-state index contributed by atoms with van der Waals surface area (Å²) in [6.45, 7) is 0.590. The van der Waals surface area contributed by atoms with Crippen molar-refractivity contribution in [2.24, 2.45) is 5.41 Å². The van der Waals surface area contributed by atoms with Gasteiger partial charge in [-0.15, -0.1) is 0 Å². The molecule has 0 unspecified atom stereocenters. The first-order valence-corrected chi connectivity index (χ1v) is 8.39. The van der Waals surface area contributed by atoms with E-state index in [0.29, 0.717) is 22.9 Å². The normalized spacial score (nSPS) is 16.8. The molecular weight excluding hydrogens is 405 g/mol. The molecule has 1 saturated carbocycles. The summed E-state index contributed by atoms with van der Waals surface area (Å²) in [6.07, 6.45) is 4.12. The number of rotatable bonds is 5. The highest BCUT2D eigenvalue weighted by Gasteiger charge is 2.33. The molecular formula is C15H19ClINO3. The molecule has 0 saturated heterocycles. The molecule has 1 aromatic carbocycles. The molecule has 0 heterocycles. The van der Waals surface area contributed by atoms with E-state index in [9.17, 15) is 9.90 Å². The second-order valence-corrected chi connectivity index (χ2v) is 7.08. The minimum Gasteiger partial charge on any atom is -0.496 e. The molecule has 1 aromatic rings. The van der Waals surface area contributed by atoms with Crippen LogP contribution in [0.25, 0.3) is 0 Å². The largest absolute Gasteiger partial charge is 0.496 e. The van der Waals surface area contributed by atoms with E-state index in [1.165, 1.54) is 7.11 Å². The van der Waals surface area contributed by atoms with Crippen molar-refractivity contribution in [3.05, 3.63) is 26.3 Å². The van der Waals surface area contributed by atoms with Gasteiger partial charge in [0.2, 0.25) is 0 Å². The van der Waals surface area contributed by atoms with Gasteiger partial charge >= 0.3 is 0 Å². The molecule has 116 valence electrons. The summed E-state index contributed by atoms with van der Waals surface area (Å²) in [5, 5.41) is 13.0. The van der Waals surface area contributed by atoms with Crippen LogP contribution in [0, 0.1) is 8.99 Å². The molecule has 21 heavy (non-hydrogen) atoms. The smallest absolute Gasteiger partial charge is 0.255 e. The van der Waals surface area contributed by atoms with Crippen LogP contribution < -0.4 is 10.1 Å². The Labute approximate surface area is 143 Å². The highest BCUT2D eigenvalue weighted by Crippen LogP contribution is 2.37. The maximum absolute atomic E-state index is 12.4. The van der Waals surface area contributed by atoms with E-state index in [1.54, 1.807) is 12.1 Å². The summed E-state index contributed by atoms with van der Waals surface area (Å²) in [6, 6.07) is 3.37. The molecule has 4 nitrogen and oxygen atoms in total. The van der Waals surface area contributed by atoms with Crippen LogP contribution in [0.2, 0.25) is 5.02 Å². The zero-order chi connectivity index (χ0) is 15.5. The number of methoxy groups -OCH3 is 1.